The van der Waals surface area contributed by atoms with Gasteiger partial charge in [-0.05, 0) is 12.5 Å². The normalized spacial score (nSPS) is 20.0. The van der Waals surface area contributed by atoms with Crippen molar-refractivity contribution in [2.45, 2.75) is 30.6 Å². The second kappa shape index (κ2) is 7.40. The fraction of sp³-hybridized carbons (Fsp3) is 0.353. The number of benzene rings is 1. The maximum Gasteiger partial charge on any atom is 0.344 e. The van der Waals surface area contributed by atoms with E-state index in [2.05, 4.69) is 9.99 Å². The molecule has 0 radical (unpaired) electrons. The third-order valence-corrected chi connectivity index (χ3v) is 6.35. The molecule has 0 aromatic heterocycles. The Balaban J connectivity index is 2.10. The summed E-state index contributed by atoms with van der Waals surface area (Å²) in [6.45, 7) is 0. The molecular weight excluding hydrogens is 401 g/mol. The van der Waals surface area contributed by atoms with Crippen LogP contribution in [0, 0.1) is 5.82 Å². The van der Waals surface area contributed by atoms with E-state index in [0.29, 0.717) is 19.3 Å². The van der Waals surface area contributed by atoms with Gasteiger partial charge in [-0.25, -0.2) is 17.6 Å². The van der Waals surface area contributed by atoms with Crippen molar-refractivity contribution in [2.24, 2.45) is 5.16 Å². The Hall–Kier alpha value is -2.26. The van der Waals surface area contributed by atoms with Crippen LogP contribution in [0.2, 0.25) is 5.02 Å². The molecule has 1 aliphatic carbocycles. The van der Waals surface area contributed by atoms with Gasteiger partial charge in [0.05, 0.1) is 22.1 Å². The van der Waals surface area contributed by atoms with Crippen molar-refractivity contribution in [1.82, 2.24) is 0 Å². The Morgan fingerprint density at radius 2 is 2.04 bits per heavy atom. The zero-order valence-electron chi connectivity index (χ0n) is 14.3. The molecule has 1 aliphatic heterocycles. The number of ketones is 1. The third-order valence-electron chi connectivity index (χ3n) is 4.19. The number of sulfone groups is 1. The molecule has 10 heteroatoms. The molecule has 0 atom stereocenters. The Labute approximate surface area is 159 Å². The number of halogens is 2. The monoisotopic (exact) mass is 415 g/mol. The predicted octanol–water partition coefficient (Wildman–Crippen LogP) is 2.80. The third kappa shape index (κ3) is 3.74. The van der Waals surface area contributed by atoms with Crippen LogP contribution in [0.15, 0.2) is 28.0 Å². The summed E-state index contributed by atoms with van der Waals surface area (Å²) in [4.78, 5) is 28.0. The number of esters is 1. The fourth-order valence-electron chi connectivity index (χ4n) is 2.99. The van der Waals surface area contributed by atoms with Crippen LogP contribution in [0.1, 0.15) is 41.6 Å². The van der Waals surface area contributed by atoms with Gasteiger partial charge in [-0.3, -0.25) is 4.79 Å². The number of hydrogen-bond acceptors (Lipinski definition) is 7. The summed E-state index contributed by atoms with van der Waals surface area (Å²) in [5, 5.41) is 3.42. The predicted molar refractivity (Wildman–Crippen MR) is 94.0 cm³/mol. The minimum atomic E-state index is -3.93. The van der Waals surface area contributed by atoms with E-state index in [9.17, 15) is 22.4 Å². The summed E-state index contributed by atoms with van der Waals surface area (Å²) in [5.41, 5.74) is -0.439. The van der Waals surface area contributed by atoms with Crippen LogP contribution < -0.4 is 0 Å². The van der Waals surface area contributed by atoms with Crippen molar-refractivity contribution in [3.63, 3.8) is 0 Å². The molecule has 7 nitrogen and oxygen atoms in total. The lowest BCUT2D eigenvalue weighted by Gasteiger charge is -2.21. The van der Waals surface area contributed by atoms with Crippen molar-refractivity contribution in [2.75, 3.05) is 12.9 Å². The summed E-state index contributed by atoms with van der Waals surface area (Å²) >= 11 is 6.24. The van der Waals surface area contributed by atoms with Crippen LogP contribution in [-0.2, 0) is 24.2 Å². The molecule has 0 saturated carbocycles. The number of fused-ring (bicyclic) bond motifs is 1. The molecule has 0 spiro atoms. The lowest BCUT2D eigenvalue weighted by Crippen LogP contribution is -2.25. The summed E-state index contributed by atoms with van der Waals surface area (Å²) < 4.78 is 44.3. The van der Waals surface area contributed by atoms with Crippen LogP contribution in [0.3, 0.4) is 0 Å². The van der Waals surface area contributed by atoms with Gasteiger partial charge in [0, 0.05) is 30.9 Å². The van der Waals surface area contributed by atoms with E-state index in [4.69, 9.17) is 16.3 Å². The van der Waals surface area contributed by atoms with E-state index in [1.165, 1.54) is 13.2 Å². The summed E-state index contributed by atoms with van der Waals surface area (Å²) in [6.07, 6.45) is 2.46. The highest BCUT2D eigenvalue weighted by atomic mass is 35.5. The summed E-state index contributed by atoms with van der Waals surface area (Å²) in [6, 6.07) is 0.724. The molecule has 1 aromatic carbocycles. The SMILES string of the molecule is CON=C1CCS(=O)(=O)c2c(F)cc(C(=O)OC3=CC(=O)CCC3)c(Cl)c21. The number of allylic oxidation sites excluding steroid dienone is 2. The van der Waals surface area contributed by atoms with Crippen LogP contribution in [-0.4, -0.2) is 38.7 Å². The highest BCUT2D eigenvalue weighted by molar-refractivity contribution is 7.91. The van der Waals surface area contributed by atoms with E-state index < -0.39 is 26.5 Å². The number of oxime groups is 1. The largest absolute Gasteiger partial charge is 0.427 e. The number of carbonyl (C=O) groups is 2. The molecule has 0 N–H and O–H groups in total. The summed E-state index contributed by atoms with van der Waals surface area (Å²) in [5.74, 6) is -2.48. The zero-order chi connectivity index (χ0) is 19.8. The second-order valence-electron chi connectivity index (χ2n) is 6.03. The van der Waals surface area contributed by atoms with E-state index in [1.807, 2.05) is 0 Å². The maximum atomic E-state index is 14.6. The first-order chi connectivity index (χ1) is 12.7. The molecule has 0 fully saturated rings. The van der Waals surface area contributed by atoms with E-state index in [0.717, 1.165) is 6.07 Å². The highest BCUT2D eigenvalue weighted by Gasteiger charge is 2.36. The van der Waals surface area contributed by atoms with Crippen LogP contribution in [0.4, 0.5) is 4.39 Å². The number of rotatable bonds is 3. The molecule has 0 saturated heterocycles. The Morgan fingerprint density at radius 1 is 1.30 bits per heavy atom. The molecule has 0 bridgehead atoms. The van der Waals surface area contributed by atoms with Crippen molar-refractivity contribution in [3.8, 4) is 0 Å². The molecule has 0 amide bonds. The molecule has 0 unspecified atom stereocenters. The molecule has 27 heavy (non-hydrogen) atoms. The minimum absolute atomic E-state index is 0.0412. The number of hydrogen-bond donors (Lipinski definition) is 0. The number of nitrogens with zero attached hydrogens (tertiary/aromatic N) is 1. The van der Waals surface area contributed by atoms with Crippen LogP contribution >= 0.6 is 11.6 Å². The van der Waals surface area contributed by atoms with Gasteiger partial charge in [0.2, 0.25) is 0 Å². The average molecular weight is 416 g/mol. The standard InChI is InChI=1S/C17H15ClFNO6S/c1-25-20-13-5-6-27(23,24)16-12(19)8-11(15(18)14(13)16)17(22)26-10-4-2-3-9(21)7-10/h7-8H,2-6H2,1H3. The van der Waals surface area contributed by atoms with Crippen LogP contribution in [0.5, 0.6) is 0 Å². The highest BCUT2D eigenvalue weighted by Crippen LogP contribution is 2.36. The maximum absolute atomic E-state index is 14.6. The van der Waals surface area contributed by atoms with Gasteiger partial charge < -0.3 is 9.57 Å². The number of ether oxygens (including phenoxy) is 1. The first-order valence-corrected chi connectivity index (χ1v) is 10.1. The van der Waals surface area contributed by atoms with Gasteiger partial charge in [-0.1, -0.05) is 16.8 Å². The Kier molecular flexibility index (Phi) is 5.34. The lowest BCUT2D eigenvalue weighted by molar-refractivity contribution is -0.115. The van der Waals surface area contributed by atoms with Gasteiger partial charge in [-0.2, -0.15) is 0 Å². The molecule has 1 heterocycles. The minimum Gasteiger partial charge on any atom is -0.427 e. The van der Waals surface area contributed by atoms with Gasteiger partial charge in [0.1, 0.15) is 23.6 Å². The van der Waals surface area contributed by atoms with Crippen molar-refractivity contribution < 1.29 is 32.0 Å². The zero-order valence-corrected chi connectivity index (χ0v) is 15.8. The fourth-order valence-corrected chi connectivity index (χ4v) is 4.94. The van der Waals surface area contributed by atoms with E-state index >= 15 is 0 Å². The second-order valence-corrected chi connectivity index (χ2v) is 8.46. The Bertz CT molecular complexity index is 999. The smallest absolute Gasteiger partial charge is 0.344 e. The van der Waals surface area contributed by atoms with Gasteiger partial charge in [-0.15, -0.1) is 0 Å². The van der Waals surface area contributed by atoms with Crippen molar-refractivity contribution in [3.05, 3.63) is 39.9 Å². The van der Waals surface area contributed by atoms with E-state index in [-0.39, 0.29) is 45.6 Å². The first kappa shape index (κ1) is 19.5. The van der Waals surface area contributed by atoms with Gasteiger partial charge >= 0.3 is 5.97 Å². The molecule has 1 aromatic rings. The average Bonchev–Trinajstić information content (AvgIpc) is 2.59. The quantitative estimate of drug-likeness (QED) is 0.556. The van der Waals surface area contributed by atoms with E-state index in [1.54, 1.807) is 0 Å². The van der Waals surface area contributed by atoms with Crippen molar-refractivity contribution in [1.29, 1.82) is 0 Å². The molecule has 3 rings (SSSR count). The van der Waals surface area contributed by atoms with Crippen molar-refractivity contribution >= 4 is 38.9 Å². The molecular formula is C17H15ClFNO6S. The molecule has 2 aliphatic rings. The van der Waals surface area contributed by atoms with Gasteiger partial charge in [0.25, 0.3) is 0 Å². The number of carbonyl (C=O) groups excluding carboxylic acids is 2. The lowest BCUT2D eigenvalue weighted by atomic mass is 10.0. The Morgan fingerprint density at radius 3 is 2.70 bits per heavy atom. The first-order valence-electron chi connectivity index (χ1n) is 8.05. The van der Waals surface area contributed by atoms with Crippen LogP contribution in [0.25, 0.3) is 0 Å². The summed E-state index contributed by atoms with van der Waals surface area (Å²) in [7, 11) is -2.67. The molecule has 144 valence electrons. The van der Waals surface area contributed by atoms with Gasteiger partial charge in [0.15, 0.2) is 15.6 Å². The topological polar surface area (TPSA) is 99.1 Å².